The van der Waals surface area contributed by atoms with E-state index in [9.17, 15) is 13.6 Å². The summed E-state index contributed by atoms with van der Waals surface area (Å²) >= 11 is 5.87. The Morgan fingerprint density at radius 1 is 1.00 bits per heavy atom. The van der Waals surface area contributed by atoms with Crippen molar-refractivity contribution in [3.63, 3.8) is 0 Å². The average molecular weight is 386 g/mol. The lowest BCUT2D eigenvalue weighted by molar-refractivity contribution is 0.514. The van der Waals surface area contributed by atoms with Crippen LogP contribution in [-0.4, -0.2) is 14.8 Å². The van der Waals surface area contributed by atoms with Crippen LogP contribution in [0.2, 0.25) is 5.02 Å². The first-order valence-electron chi connectivity index (χ1n) is 8.90. The molecule has 0 aliphatic carbocycles. The second kappa shape index (κ2) is 6.89. The number of rotatable bonds is 3. The number of benzene rings is 2. The van der Waals surface area contributed by atoms with Gasteiger partial charge in [-0.3, -0.25) is 4.79 Å². The molecule has 2 aromatic heterocycles. The minimum atomic E-state index is -2.36. The smallest absolute Gasteiger partial charge is 0.267 e. The molecule has 0 fully saturated rings. The molecule has 27 heavy (non-hydrogen) atoms. The first kappa shape index (κ1) is 15.0. The van der Waals surface area contributed by atoms with Crippen molar-refractivity contribution < 1.29 is 11.5 Å². The molecule has 2 heterocycles. The molecule has 4 aromatic rings. The maximum absolute atomic E-state index is 14.4. The Morgan fingerprint density at radius 3 is 2.41 bits per heavy atom. The minimum Gasteiger partial charge on any atom is -0.267 e. The van der Waals surface area contributed by atoms with Crippen molar-refractivity contribution >= 4 is 22.4 Å². The van der Waals surface area contributed by atoms with Crippen LogP contribution in [0.4, 0.5) is 8.78 Å². The third kappa shape index (κ3) is 3.31. The van der Waals surface area contributed by atoms with Gasteiger partial charge in [-0.15, -0.1) is 0 Å². The number of aromatic nitrogens is 3. The number of nitrogens with zero attached hydrogens (tertiary/aromatic N) is 3. The molecular weight excluding hydrogens is 372 g/mol. The highest BCUT2D eigenvalue weighted by Crippen LogP contribution is 2.26. The largest absolute Gasteiger partial charge is 0.274 e. The van der Waals surface area contributed by atoms with Crippen LogP contribution in [0, 0.1) is 11.9 Å². The van der Waals surface area contributed by atoms with Gasteiger partial charge in [-0.2, -0.15) is 18.9 Å². The topological polar surface area (TPSA) is 47.8 Å². The SMILES string of the molecule is [2H]C([2H])(c1ccc(Cl)cc1)n1nc(-c2ccc(F)nc2F)c2ccccc2c1=O. The predicted molar refractivity (Wildman–Crippen MR) is 99.7 cm³/mol. The molecule has 4 rings (SSSR count). The molecule has 0 unspecified atom stereocenters. The zero-order chi connectivity index (χ0) is 20.8. The number of halogens is 3. The maximum Gasteiger partial charge on any atom is 0.274 e. The summed E-state index contributed by atoms with van der Waals surface area (Å²) in [5.74, 6) is -2.11. The number of fused-ring (bicyclic) bond motifs is 1. The van der Waals surface area contributed by atoms with Crippen LogP contribution in [0.5, 0.6) is 0 Å². The zero-order valence-electron chi connectivity index (χ0n) is 15.7. The molecule has 0 spiro atoms. The van der Waals surface area contributed by atoms with E-state index in [-0.39, 0.29) is 22.2 Å². The van der Waals surface area contributed by atoms with E-state index in [1.807, 2.05) is 0 Å². The molecule has 0 aliphatic heterocycles. The molecule has 2 aromatic carbocycles. The van der Waals surface area contributed by atoms with Crippen molar-refractivity contribution in [2.24, 2.45) is 0 Å². The van der Waals surface area contributed by atoms with Gasteiger partial charge < -0.3 is 0 Å². The van der Waals surface area contributed by atoms with E-state index >= 15 is 0 Å². The number of hydrogen-bond acceptors (Lipinski definition) is 3. The van der Waals surface area contributed by atoms with Gasteiger partial charge in [0, 0.05) is 10.4 Å². The quantitative estimate of drug-likeness (QED) is 0.490. The van der Waals surface area contributed by atoms with Gasteiger partial charge in [-0.25, -0.2) is 4.68 Å². The van der Waals surface area contributed by atoms with E-state index < -0.39 is 24.0 Å². The lowest BCUT2D eigenvalue weighted by Crippen LogP contribution is -2.24. The van der Waals surface area contributed by atoms with Crippen LogP contribution in [0.3, 0.4) is 0 Å². The molecule has 134 valence electrons. The average Bonchev–Trinajstić information content (AvgIpc) is 2.69. The summed E-state index contributed by atoms with van der Waals surface area (Å²) in [6, 6.07) is 14.3. The third-order valence-electron chi connectivity index (χ3n) is 3.95. The first-order valence-corrected chi connectivity index (χ1v) is 8.28. The van der Waals surface area contributed by atoms with Gasteiger partial charge >= 0.3 is 0 Å². The summed E-state index contributed by atoms with van der Waals surface area (Å²) in [6.07, 6.45) is 0. The van der Waals surface area contributed by atoms with Crippen LogP contribution in [0.15, 0.2) is 65.5 Å². The summed E-state index contributed by atoms with van der Waals surface area (Å²) in [4.78, 5) is 16.2. The van der Waals surface area contributed by atoms with Crippen molar-refractivity contribution in [3.8, 4) is 11.3 Å². The second-order valence-corrected chi connectivity index (χ2v) is 6.14. The van der Waals surface area contributed by atoms with Crippen LogP contribution in [-0.2, 0) is 6.50 Å². The Balaban J connectivity index is 2.05. The van der Waals surface area contributed by atoms with Crippen LogP contribution in [0.1, 0.15) is 8.30 Å². The summed E-state index contributed by atoms with van der Waals surface area (Å²) in [5, 5.41) is 4.97. The molecule has 0 bridgehead atoms. The van der Waals surface area contributed by atoms with Crippen LogP contribution < -0.4 is 5.56 Å². The van der Waals surface area contributed by atoms with Crippen LogP contribution in [0.25, 0.3) is 22.0 Å². The number of pyridine rings is 1. The fourth-order valence-corrected chi connectivity index (χ4v) is 2.83. The van der Waals surface area contributed by atoms with Gasteiger partial charge in [-0.05, 0) is 35.9 Å². The molecule has 0 atom stereocenters. The van der Waals surface area contributed by atoms with Crippen molar-refractivity contribution in [2.75, 3.05) is 0 Å². The van der Waals surface area contributed by atoms with Crippen LogP contribution >= 0.6 is 11.6 Å². The molecule has 0 radical (unpaired) electrons. The Bertz CT molecular complexity index is 1290. The molecule has 7 heteroatoms. The monoisotopic (exact) mass is 385 g/mol. The summed E-state index contributed by atoms with van der Waals surface area (Å²) in [7, 11) is 0. The van der Waals surface area contributed by atoms with Gasteiger partial charge in [0.1, 0.15) is 5.69 Å². The van der Waals surface area contributed by atoms with E-state index in [0.29, 0.717) is 15.1 Å². The zero-order valence-corrected chi connectivity index (χ0v) is 14.4. The molecule has 0 saturated heterocycles. The van der Waals surface area contributed by atoms with Gasteiger partial charge in [0.2, 0.25) is 11.9 Å². The van der Waals surface area contributed by atoms with Gasteiger partial charge in [0.15, 0.2) is 0 Å². The third-order valence-corrected chi connectivity index (χ3v) is 4.21. The number of hydrogen-bond donors (Lipinski definition) is 0. The van der Waals surface area contributed by atoms with E-state index in [1.165, 1.54) is 30.3 Å². The second-order valence-electron chi connectivity index (χ2n) is 5.70. The summed E-state index contributed by atoms with van der Waals surface area (Å²) in [5.41, 5.74) is -0.735. The fraction of sp³-hybridized carbons (Fsp3) is 0.0500. The van der Waals surface area contributed by atoms with Crippen molar-refractivity contribution in [2.45, 2.75) is 6.50 Å². The van der Waals surface area contributed by atoms with Crippen molar-refractivity contribution in [3.05, 3.63) is 93.5 Å². The molecule has 0 N–H and O–H groups in total. The first-order chi connectivity index (χ1) is 13.8. The van der Waals surface area contributed by atoms with Crippen molar-refractivity contribution in [1.29, 1.82) is 0 Å². The van der Waals surface area contributed by atoms with Crippen molar-refractivity contribution in [1.82, 2.24) is 14.8 Å². The Labute approximate surface area is 160 Å². The maximum atomic E-state index is 14.4. The van der Waals surface area contributed by atoms with Gasteiger partial charge in [0.05, 0.1) is 20.2 Å². The standard InChI is InChI=1S/C20H12ClF2N3O/c21-13-7-5-12(6-8-13)11-26-20(27)15-4-2-1-3-14(15)18(25-26)16-9-10-17(22)24-19(16)23/h1-10H,11H2/i11D2. The normalized spacial score (nSPS) is 12.7. The Kier molecular flexibility index (Phi) is 3.82. The minimum absolute atomic E-state index is 0.0250. The molecule has 4 nitrogen and oxygen atoms in total. The highest BCUT2D eigenvalue weighted by atomic mass is 35.5. The van der Waals surface area contributed by atoms with Gasteiger partial charge in [0.25, 0.3) is 5.56 Å². The molecule has 0 aliphatic rings. The lowest BCUT2D eigenvalue weighted by Gasteiger charge is -2.12. The lowest BCUT2D eigenvalue weighted by atomic mass is 10.1. The van der Waals surface area contributed by atoms with Gasteiger partial charge in [-0.1, -0.05) is 41.9 Å². The molecule has 0 saturated carbocycles. The Hall–Kier alpha value is -3.12. The highest BCUT2D eigenvalue weighted by molar-refractivity contribution is 6.30. The van der Waals surface area contributed by atoms with E-state index in [0.717, 1.165) is 12.1 Å². The summed E-state index contributed by atoms with van der Waals surface area (Å²) in [6.45, 7) is -2.36. The molecular formula is C20H12ClF2N3O. The van der Waals surface area contributed by atoms with E-state index in [4.69, 9.17) is 14.3 Å². The Morgan fingerprint density at radius 2 is 1.70 bits per heavy atom. The fourth-order valence-electron chi connectivity index (χ4n) is 2.70. The highest BCUT2D eigenvalue weighted by Gasteiger charge is 2.16. The summed E-state index contributed by atoms with van der Waals surface area (Å²) < 4.78 is 45.3. The van der Waals surface area contributed by atoms with E-state index in [2.05, 4.69) is 10.1 Å². The van der Waals surface area contributed by atoms with E-state index in [1.54, 1.807) is 18.2 Å². The molecule has 0 amide bonds. The predicted octanol–water partition coefficient (Wildman–Crippen LogP) is 4.44.